The van der Waals surface area contributed by atoms with Gasteiger partial charge in [0.05, 0.1) is 0 Å². The molecule has 106 valence electrons. The molecule has 0 bridgehead atoms. The van der Waals surface area contributed by atoms with E-state index in [1.54, 1.807) is 0 Å². The molecule has 0 amide bonds. The Labute approximate surface area is 114 Å². The molecule has 0 spiro atoms. The Hall–Kier alpha value is -0.0800. The van der Waals surface area contributed by atoms with Crippen LogP contribution < -0.4 is 0 Å². The van der Waals surface area contributed by atoms with Crippen molar-refractivity contribution in [2.75, 3.05) is 32.7 Å². The molecule has 0 saturated carbocycles. The molecule has 2 aliphatic rings. The zero-order valence-electron chi connectivity index (χ0n) is 12.9. The van der Waals surface area contributed by atoms with Gasteiger partial charge in [0.15, 0.2) is 0 Å². The second-order valence-corrected chi connectivity index (χ2v) is 7.29. The van der Waals surface area contributed by atoms with Crippen LogP contribution in [0.4, 0.5) is 0 Å². The van der Waals surface area contributed by atoms with Crippen LogP contribution in [0.15, 0.2) is 0 Å². The standard InChI is InChI=1S/C16H32N2/c1-13(2)9-15-5-7-17(10-15)11-16-6-8-18(12-16)14(3)4/h13-16H,5-12H2,1-4H3/t15-,16+/m0/s1. The fourth-order valence-electron chi connectivity index (χ4n) is 3.78. The molecular weight excluding hydrogens is 220 g/mol. The topological polar surface area (TPSA) is 6.48 Å². The number of nitrogens with zero attached hydrogens (tertiary/aromatic N) is 2. The molecule has 0 aromatic carbocycles. The van der Waals surface area contributed by atoms with Gasteiger partial charge in [-0.1, -0.05) is 13.8 Å². The zero-order valence-corrected chi connectivity index (χ0v) is 12.9. The van der Waals surface area contributed by atoms with Crippen molar-refractivity contribution in [3.63, 3.8) is 0 Å². The van der Waals surface area contributed by atoms with Gasteiger partial charge in [0, 0.05) is 25.7 Å². The molecule has 2 atom stereocenters. The van der Waals surface area contributed by atoms with Crippen LogP contribution in [0.5, 0.6) is 0 Å². The van der Waals surface area contributed by atoms with E-state index in [1.165, 1.54) is 52.0 Å². The van der Waals surface area contributed by atoms with Crippen molar-refractivity contribution in [3.05, 3.63) is 0 Å². The predicted octanol–water partition coefficient (Wildman–Crippen LogP) is 3.08. The van der Waals surface area contributed by atoms with Crippen LogP contribution in [0.2, 0.25) is 0 Å². The monoisotopic (exact) mass is 252 g/mol. The minimum Gasteiger partial charge on any atom is -0.303 e. The van der Waals surface area contributed by atoms with Crippen molar-refractivity contribution in [2.45, 2.75) is 53.0 Å². The summed E-state index contributed by atoms with van der Waals surface area (Å²) in [6, 6.07) is 0.738. The first-order valence-corrected chi connectivity index (χ1v) is 8.01. The van der Waals surface area contributed by atoms with Gasteiger partial charge in [-0.05, 0) is 64.0 Å². The average Bonchev–Trinajstić information content (AvgIpc) is 2.88. The van der Waals surface area contributed by atoms with E-state index < -0.39 is 0 Å². The van der Waals surface area contributed by atoms with Crippen molar-refractivity contribution in [2.24, 2.45) is 17.8 Å². The first kappa shape index (κ1) is 14.3. The maximum atomic E-state index is 2.74. The molecule has 2 fully saturated rings. The SMILES string of the molecule is CC(C)C[C@@H]1CCN(C[C@H]2CCN(C(C)C)C2)C1. The number of hydrogen-bond donors (Lipinski definition) is 0. The van der Waals surface area contributed by atoms with Gasteiger partial charge in [-0.25, -0.2) is 0 Å². The zero-order chi connectivity index (χ0) is 13.1. The molecule has 2 nitrogen and oxygen atoms in total. The van der Waals surface area contributed by atoms with Gasteiger partial charge in [-0.15, -0.1) is 0 Å². The fraction of sp³-hybridized carbons (Fsp3) is 1.00. The highest BCUT2D eigenvalue weighted by Crippen LogP contribution is 2.26. The van der Waals surface area contributed by atoms with Crippen LogP contribution in [-0.2, 0) is 0 Å². The maximum Gasteiger partial charge on any atom is 0.00387 e. The normalized spacial score (nSPS) is 31.0. The van der Waals surface area contributed by atoms with E-state index >= 15 is 0 Å². The molecule has 0 aromatic heterocycles. The summed E-state index contributed by atoms with van der Waals surface area (Å²) in [6.07, 6.45) is 4.29. The van der Waals surface area contributed by atoms with Gasteiger partial charge < -0.3 is 9.80 Å². The summed E-state index contributed by atoms with van der Waals surface area (Å²) in [7, 11) is 0. The van der Waals surface area contributed by atoms with Crippen LogP contribution in [0, 0.1) is 17.8 Å². The minimum atomic E-state index is 0.738. The minimum absolute atomic E-state index is 0.738. The Morgan fingerprint density at radius 3 is 2.28 bits per heavy atom. The van der Waals surface area contributed by atoms with Gasteiger partial charge >= 0.3 is 0 Å². The molecule has 0 aromatic rings. The van der Waals surface area contributed by atoms with Gasteiger partial charge in [-0.2, -0.15) is 0 Å². The van der Waals surface area contributed by atoms with Gasteiger partial charge in [0.25, 0.3) is 0 Å². The second kappa shape index (κ2) is 6.38. The Kier molecular flexibility index (Phi) is 5.08. The third kappa shape index (κ3) is 3.96. The highest BCUT2D eigenvalue weighted by molar-refractivity contribution is 4.83. The summed E-state index contributed by atoms with van der Waals surface area (Å²) < 4.78 is 0. The van der Waals surface area contributed by atoms with Crippen LogP contribution in [0.1, 0.15) is 47.0 Å². The summed E-state index contributed by atoms with van der Waals surface area (Å²) in [5.41, 5.74) is 0. The van der Waals surface area contributed by atoms with E-state index in [1.807, 2.05) is 0 Å². The highest BCUT2D eigenvalue weighted by atomic mass is 15.2. The molecule has 18 heavy (non-hydrogen) atoms. The molecule has 2 saturated heterocycles. The Morgan fingerprint density at radius 1 is 0.944 bits per heavy atom. The number of hydrogen-bond acceptors (Lipinski definition) is 2. The number of rotatable bonds is 5. The smallest absolute Gasteiger partial charge is 0.00387 e. The lowest BCUT2D eigenvalue weighted by Crippen LogP contribution is -2.32. The van der Waals surface area contributed by atoms with Crippen LogP contribution in [-0.4, -0.2) is 48.6 Å². The van der Waals surface area contributed by atoms with Gasteiger partial charge in [0.1, 0.15) is 0 Å². The molecule has 0 N–H and O–H groups in total. The van der Waals surface area contributed by atoms with E-state index in [2.05, 4.69) is 37.5 Å². The lowest BCUT2D eigenvalue weighted by atomic mass is 9.97. The Balaban J connectivity index is 1.69. The molecular formula is C16H32N2. The van der Waals surface area contributed by atoms with Crippen LogP contribution >= 0.6 is 0 Å². The number of likely N-dealkylation sites (tertiary alicyclic amines) is 2. The molecule has 2 heterocycles. The van der Waals surface area contributed by atoms with E-state index in [0.29, 0.717) is 0 Å². The summed E-state index contributed by atoms with van der Waals surface area (Å²) in [5, 5.41) is 0. The van der Waals surface area contributed by atoms with Crippen molar-refractivity contribution < 1.29 is 0 Å². The van der Waals surface area contributed by atoms with Gasteiger partial charge in [-0.3, -0.25) is 0 Å². The molecule has 0 aliphatic carbocycles. The lowest BCUT2D eigenvalue weighted by Gasteiger charge is -2.23. The summed E-state index contributed by atoms with van der Waals surface area (Å²) >= 11 is 0. The summed E-state index contributed by atoms with van der Waals surface area (Å²) in [4.78, 5) is 5.38. The van der Waals surface area contributed by atoms with E-state index in [4.69, 9.17) is 0 Å². The predicted molar refractivity (Wildman–Crippen MR) is 78.8 cm³/mol. The Morgan fingerprint density at radius 2 is 1.67 bits per heavy atom. The summed E-state index contributed by atoms with van der Waals surface area (Å²) in [5.74, 6) is 2.79. The Bertz CT molecular complexity index is 249. The van der Waals surface area contributed by atoms with Crippen LogP contribution in [0.25, 0.3) is 0 Å². The highest BCUT2D eigenvalue weighted by Gasteiger charge is 2.29. The first-order valence-electron chi connectivity index (χ1n) is 8.01. The molecule has 2 aliphatic heterocycles. The molecule has 0 radical (unpaired) electrons. The average molecular weight is 252 g/mol. The molecule has 2 heteroatoms. The second-order valence-electron chi connectivity index (χ2n) is 7.29. The van der Waals surface area contributed by atoms with Gasteiger partial charge in [0.2, 0.25) is 0 Å². The molecule has 0 unspecified atom stereocenters. The van der Waals surface area contributed by atoms with Crippen molar-refractivity contribution in [3.8, 4) is 0 Å². The first-order chi connectivity index (χ1) is 8.54. The fourth-order valence-corrected chi connectivity index (χ4v) is 3.78. The third-order valence-corrected chi connectivity index (χ3v) is 4.74. The largest absolute Gasteiger partial charge is 0.303 e. The maximum absolute atomic E-state index is 2.74. The quantitative estimate of drug-likeness (QED) is 0.742. The van der Waals surface area contributed by atoms with E-state index in [-0.39, 0.29) is 0 Å². The van der Waals surface area contributed by atoms with E-state index in [0.717, 1.165) is 23.8 Å². The molecule has 2 rings (SSSR count). The van der Waals surface area contributed by atoms with Crippen molar-refractivity contribution >= 4 is 0 Å². The van der Waals surface area contributed by atoms with Crippen LogP contribution in [0.3, 0.4) is 0 Å². The third-order valence-electron chi connectivity index (χ3n) is 4.74. The summed E-state index contributed by atoms with van der Waals surface area (Å²) in [6.45, 7) is 16.1. The van der Waals surface area contributed by atoms with E-state index in [9.17, 15) is 0 Å². The van der Waals surface area contributed by atoms with Crippen molar-refractivity contribution in [1.29, 1.82) is 0 Å². The lowest BCUT2D eigenvalue weighted by molar-refractivity contribution is 0.233. The van der Waals surface area contributed by atoms with Crippen molar-refractivity contribution in [1.82, 2.24) is 9.80 Å².